The molecule has 0 radical (unpaired) electrons. The molecule has 4 nitrogen and oxygen atoms in total. The Labute approximate surface area is 102 Å². The molecular formula is C11H12BrN3O. The summed E-state index contributed by atoms with van der Waals surface area (Å²) < 4.78 is 8.45. The number of hydrogen-bond acceptors (Lipinski definition) is 3. The van der Waals surface area contributed by atoms with E-state index < -0.39 is 0 Å². The quantitative estimate of drug-likeness (QED) is 0.807. The Balaban J connectivity index is 2.08. The van der Waals surface area contributed by atoms with Crippen LogP contribution in [0.4, 0.5) is 0 Å². The largest absolute Gasteiger partial charge is 0.356 e. The molecule has 1 aliphatic heterocycles. The average molecular weight is 282 g/mol. The Bertz CT molecular complexity index is 505. The van der Waals surface area contributed by atoms with E-state index in [1.807, 2.05) is 16.8 Å². The molecule has 1 atom stereocenters. The van der Waals surface area contributed by atoms with E-state index in [2.05, 4.69) is 26.0 Å². The number of hydrogen-bond donors (Lipinski definition) is 0. The smallest absolute Gasteiger partial charge is 0.161 e. The van der Waals surface area contributed by atoms with Crippen LogP contribution in [0.5, 0.6) is 0 Å². The number of ether oxygens (including phenoxy) is 1. The lowest BCUT2D eigenvalue weighted by molar-refractivity contribution is -0.0371. The molecule has 84 valence electrons. The maximum absolute atomic E-state index is 5.73. The predicted molar refractivity (Wildman–Crippen MR) is 64.1 cm³/mol. The second kappa shape index (κ2) is 4.14. The highest BCUT2D eigenvalue weighted by molar-refractivity contribution is 9.10. The van der Waals surface area contributed by atoms with Crippen LogP contribution in [0.3, 0.4) is 0 Å². The highest BCUT2D eigenvalue weighted by Gasteiger charge is 2.20. The van der Waals surface area contributed by atoms with Gasteiger partial charge in [0.15, 0.2) is 11.9 Å². The molecule has 2 aromatic rings. The van der Waals surface area contributed by atoms with Crippen LogP contribution in [0.1, 0.15) is 25.5 Å². The van der Waals surface area contributed by atoms with Crippen molar-refractivity contribution in [3.05, 3.63) is 22.9 Å². The summed E-state index contributed by atoms with van der Waals surface area (Å²) >= 11 is 3.46. The number of pyridine rings is 1. The second-order valence-electron chi connectivity index (χ2n) is 3.93. The van der Waals surface area contributed by atoms with Crippen molar-refractivity contribution in [2.75, 3.05) is 6.61 Å². The number of halogens is 1. The number of rotatable bonds is 1. The summed E-state index contributed by atoms with van der Waals surface area (Å²) in [5.74, 6) is 0. The third-order valence-corrected chi connectivity index (χ3v) is 3.44. The van der Waals surface area contributed by atoms with Gasteiger partial charge in [-0.3, -0.25) is 0 Å². The molecule has 3 heterocycles. The van der Waals surface area contributed by atoms with Crippen molar-refractivity contribution in [2.45, 2.75) is 25.5 Å². The lowest BCUT2D eigenvalue weighted by Crippen LogP contribution is -2.19. The first-order valence-corrected chi connectivity index (χ1v) is 6.26. The van der Waals surface area contributed by atoms with E-state index in [9.17, 15) is 0 Å². The van der Waals surface area contributed by atoms with Gasteiger partial charge in [0, 0.05) is 12.8 Å². The monoisotopic (exact) mass is 281 g/mol. The fourth-order valence-electron chi connectivity index (χ4n) is 2.05. The Morgan fingerprint density at radius 3 is 3.19 bits per heavy atom. The summed E-state index contributed by atoms with van der Waals surface area (Å²) in [7, 11) is 0. The summed E-state index contributed by atoms with van der Waals surface area (Å²) in [6.45, 7) is 0.816. The van der Waals surface area contributed by atoms with Gasteiger partial charge >= 0.3 is 0 Å². The molecule has 0 saturated carbocycles. The molecule has 0 N–H and O–H groups in total. The lowest BCUT2D eigenvalue weighted by Gasteiger charge is -2.22. The van der Waals surface area contributed by atoms with Crippen LogP contribution in [-0.4, -0.2) is 21.4 Å². The molecule has 1 saturated heterocycles. The van der Waals surface area contributed by atoms with Crippen molar-refractivity contribution in [3.63, 3.8) is 0 Å². The van der Waals surface area contributed by atoms with Gasteiger partial charge in [0.25, 0.3) is 0 Å². The van der Waals surface area contributed by atoms with Crippen molar-refractivity contribution < 1.29 is 4.74 Å². The third-order valence-electron chi connectivity index (χ3n) is 2.85. The van der Waals surface area contributed by atoms with Crippen LogP contribution in [0, 0.1) is 0 Å². The van der Waals surface area contributed by atoms with Crippen molar-refractivity contribution >= 4 is 27.0 Å². The van der Waals surface area contributed by atoms with Gasteiger partial charge in [-0.15, -0.1) is 0 Å². The van der Waals surface area contributed by atoms with E-state index in [1.165, 1.54) is 6.42 Å². The lowest BCUT2D eigenvalue weighted by atomic mass is 10.2. The zero-order valence-corrected chi connectivity index (χ0v) is 10.4. The van der Waals surface area contributed by atoms with Crippen LogP contribution in [-0.2, 0) is 4.74 Å². The van der Waals surface area contributed by atoms with Crippen LogP contribution in [0.2, 0.25) is 0 Å². The van der Waals surface area contributed by atoms with Gasteiger partial charge in [-0.1, -0.05) is 0 Å². The fraction of sp³-hybridized carbons (Fsp3) is 0.455. The first kappa shape index (κ1) is 10.2. The van der Waals surface area contributed by atoms with E-state index in [0.717, 1.165) is 35.1 Å². The van der Waals surface area contributed by atoms with Crippen molar-refractivity contribution in [2.24, 2.45) is 0 Å². The Hall–Kier alpha value is -0.940. The summed E-state index contributed by atoms with van der Waals surface area (Å²) in [5, 5.41) is 5.50. The van der Waals surface area contributed by atoms with E-state index in [1.54, 1.807) is 6.20 Å². The molecule has 2 aromatic heterocycles. The van der Waals surface area contributed by atoms with E-state index in [0.29, 0.717) is 0 Å². The zero-order chi connectivity index (χ0) is 11.0. The maximum atomic E-state index is 5.73. The van der Waals surface area contributed by atoms with E-state index >= 15 is 0 Å². The first-order chi connectivity index (χ1) is 7.86. The molecule has 0 spiro atoms. The van der Waals surface area contributed by atoms with Gasteiger partial charge < -0.3 is 4.74 Å². The van der Waals surface area contributed by atoms with Gasteiger partial charge in [-0.2, -0.15) is 5.10 Å². The molecule has 1 fully saturated rings. The van der Waals surface area contributed by atoms with Crippen molar-refractivity contribution in [1.82, 2.24) is 14.8 Å². The van der Waals surface area contributed by atoms with Crippen LogP contribution in [0.15, 0.2) is 22.9 Å². The van der Waals surface area contributed by atoms with Crippen LogP contribution < -0.4 is 0 Å². The molecule has 0 amide bonds. The van der Waals surface area contributed by atoms with Crippen LogP contribution in [0.25, 0.3) is 11.0 Å². The van der Waals surface area contributed by atoms with E-state index in [-0.39, 0.29) is 6.23 Å². The summed E-state index contributed by atoms with van der Waals surface area (Å²) in [6.07, 6.45) is 5.17. The fourth-order valence-corrected chi connectivity index (χ4v) is 2.53. The van der Waals surface area contributed by atoms with Gasteiger partial charge in [0.1, 0.15) is 4.60 Å². The van der Waals surface area contributed by atoms with Gasteiger partial charge in [0.2, 0.25) is 0 Å². The minimum atomic E-state index is 0.0393. The average Bonchev–Trinajstić information content (AvgIpc) is 2.69. The molecule has 0 unspecified atom stereocenters. The topological polar surface area (TPSA) is 39.9 Å². The molecular weight excluding hydrogens is 270 g/mol. The van der Waals surface area contributed by atoms with Crippen LogP contribution >= 0.6 is 15.9 Å². The standard InChI is InChI=1S/C11H12BrN3O/c12-10-8-4-3-6-13-11(8)15(14-10)9-5-1-2-7-16-9/h3-4,6,9H,1-2,5,7H2/t9-/m0/s1. The SMILES string of the molecule is Brc1nn([C@@H]2CCCCO2)c2ncccc12. The van der Waals surface area contributed by atoms with Gasteiger partial charge in [-0.25, -0.2) is 9.67 Å². The number of nitrogens with zero attached hydrogens (tertiary/aromatic N) is 3. The molecule has 0 aliphatic carbocycles. The molecule has 5 heteroatoms. The third kappa shape index (κ3) is 1.64. The van der Waals surface area contributed by atoms with Gasteiger partial charge in [-0.05, 0) is 47.3 Å². The summed E-state index contributed by atoms with van der Waals surface area (Å²) in [5.41, 5.74) is 0.890. The Morgan fingerprint density at radius 1 is 1.44 bits per heavy atom. The molecule has 0 bridgehead atoms. The highest BCUT2D eigenvalue weighted by atomic mass is 79.9. The normalized spacial score (nSPS) is 21.4. The van der Waals surface area contributed by atoms with Crippen molar-refractivity contribution in [1.29, 1.82) is 0 Å². The van der Waals surface area contributed by atoms with E-state index in [4.69, 9.17) is 4.74 Å². The maximum Gasteiger partial charge on any atom is 0.161 e. The van der Waals surface area contributed by atoms with Gasteiger partial charge in [0.05, 0.1) is 5.39 Å². The highest BCUT2D eigenvalue weighted by Crippen LogP contribution is 2.28. The minimum Gasteiger partial charge on any atom is -0.356 e. The first-order valence-electron chi connectivity index (χ1n) is 5.46. The predicted octanol–water partition coefficient (Wildman–Crippen LogP) is 2.89. The number of aromatic nitrogens is 3. The number of fused-ring (bicyclic) bond motifs is 1. The molecule has 0 aromatic carbocycles. The molecule has 16 heavy (non-hydrogen) atoms. The summed E-state index contributed by atoms with van der Waals surface area (Å²) in [6, 6.07) is 3.93. The summed E-state index contributed by atoms with van der Waals surface area (Å²) in [4.78, 5) is 4.37. The zero-order valence-electron chi connectivity index (χ0n) is 8.77. The molecule has 3 rings (SSSR count). The minimum absolute atomic E-state index is 0.0393. The second-order valence-corrected chi connectivity index (χ2v) is 4.68. The Kier molecular flexibility index (Phi) is 2.65. The molecule has 1 aliphatic rings. The van der Waals surface area contributed by atoms with Crippen molar-refractivity contribution in [3.8, 4) is 0 Å². The Morgan fingerprint density at radius 2 is 2.38 bits per heavy atom.